The smallest absolute Gasteiger partial charge is 0.293 e. The molecule has 8 heteroatoms. The van der Waals surface area contributed by atoms with E-state index in [-0.39, 0.29) is 27.1 Å². The number of hydrogen-bond donors (Lipinski definition) is 2. The highest BCUT2D eigenvalue weighted by molar-refractivity contribution is 6.38. The molecule has 0 unspecified atom stereocenters. The molecule has 0 aliphatic carbocycles. The van der Waals surface area contributed by atoms with E-state index in [1.54, 1.807) is 36.4 Å². The van der Waals surface area contributed by atoms with E-state index in [4.69, 9.17) is 32.4 Å². The Morgan fingerprint density at radius 2 is 1.56 bits per heavy atom. The molecular weight excluding hydrogens is 499 g/mol. The highest BCUT2D eigenvalue weighted by Gasteiger charge is 2.24. The Balaban J connectivity index is 1.56. The largest absolute Gasteiger partial charge is 0.490 e. The minimum Gasteiger partial charge on any atom is -0.490 e. The van der Waals surface area contributed by atoms with Crippen LogP contribution in [0.3, 0.4) is 0 Å². The quantitative estimate of drug-likeness (QED) is 0.205. The summed E-state index contributed by atoms with van der Waals surface area (Å²) < 4.78 is 11.6. The maximum Gasteiger partial charge on any atom is 0.293 e. The van der Waals surface area contributed by atoms with Crippen LogP contribution in [0, 0.1) is 0 Å². The van der Waals surface area contributed by atoms with Crippen molar-refractivity contribution in [1.29, 1.82) is 0 Å². The fourth-order valence-electron chi connectivity index (χ4n) is 3.76. The van der Waals surface area contributed by atoms with Crippen LogP contribution < -0.4 is 15.4 Å². The number of para-hydroxylation sites is 2. The van der Waals surface area contributed by atoms with Gasteiger partial charge in [0.05, 0.1) is 16.7 Å². The van der Waals surface area contributed by atoms with Crippen LogP contribution in [0.1, 0.15) is 53.5 Å². The van der Waals surface area contributed by atoms with Crippen LogP contribution in [0.2, 0.25) is 10.0 Å². The lowest BCUT2D eigenvalue weighted by Crippen LogP contribution is -2.17. The molecule has 2 amide bonds. The van der Waals surface area contributed by atoms with Gasteiger partial charge in [0.15, 0.2) is 5.75 Å². The van der Waals surface area contributed by atoms with E-state index in [1.807, 2.05) is 18.2 Å². The summed E-state index contributed by atoms with van der Waals surface area (Å²) in [5.74, 6) is -0.648. The summed E-state index contributed by atoms with van der Waals surface area (Å²) in [6.45, 7) is 2.63. The average molecular weight is 525 g/mol. The van der Waals surface area contributed by atoms with Crippen molar-refractivity contribution in [3.8, 4) is 5.75 Å². The molecule has 4 rings (SSSR count). The summed E-state index contributed by atoms with van der Waals surface area (Å²) in [6.07, 6.45) is 4.22. The first-order chi connectivity index (χ1) is 17.5. The first-order valence-electron chi connectivity index (χ1n) is 11.8. The second-order valence-corrected chi connectivity index (χ2v) is 9.07. The van der Waals surface area contributed by atoms with E-state index in [0.29, 0.717) is 29.0 Å². The standard InChI is InChI=1S/C28H26Cl2N2O4/c1-2-3-4-10-15-35-25-21(29)16-18(17-22(25)30)27(33)32-24-20-13-8-9-14-23(20)36-26(24)28(34)31-19-11-6-5-7-12-19/h5-9,11-14,16-17H,2-4,10,15H2,1H3,(H,31,34)(H,32,33). The van der Waals surface area contributed by atoms with Crippen molar-refractivity contribution >= 4 is 57.4 Å². The fourth-order valence-corrected chi connectivity index (χ4v) is 4.35. The van der Waals surface area contributed by atoms with Crippen LogP contribution in [-0.4, -0.2) is 18.4 Å². The number of fused-ring (bicyclic) bond motifs is 1. The van der Waals surface area contributed by atoms with Gasteiger partial charge < -0.3 is 19.8 Å². The van der Waals surface area contributed by atoms with Crippen molar-refractivity contribution < 1.29 is 18.7 Å². The second kappa shape index (κ2) is 12.0. The minimum atomic E-state index is -0.492. The number of hydrogen-bond acceptors (Lipinski definition) is 4. The van der Waals surface area contributed by atoms with Crippen LogP contribution >= 0.6 is 23.2 Å². The van der Waals surface area contributed by atoms with E-state index in [2.05, 4.69) is 17.6 Å². The molecular formula is C28H26Cl2N2O4. The lowest BCUT2D eigenvalue weighted by molar-refractivity contribution is 0.0999. The molecule has 0 saturated carbocycles. The number of rotatable bonds is 10. The van der Waals surface area contributed by atoms with Gasteiger partial charge in [-0.05, 0) is 42.8 Å². The number of halogens is 2. The Labute approximate surface area is 219 Å². The first-order valence-corrected chi connectivity index (χ1v) is 12.5. The normalized spacial score (nSPS) is 10.9. The van der Waals surface area contributed by atoms with Crippen molar-refractivity contribution in [2.75, 3.05) is 17.2 Å². The maximum atomic E-state index is 13.2. The molecule has 4 aromatic rings. The lowest BCUT2D eigenvalue weighted by atomic mass is 10.1. The van der Waals surface area contributed by atoms with Crippen LogP contribution in [-0.2, 0) is 0 Å². The van der Waals surface area contributed by atoms with E-state index in [9.17, 15) is 9.59 Å². The highest BCUT2D eigenvalue weighted by atomic mass is 35.5. The van der Waals surface area contributed by atoms with Crippen molar-refractivity contribution in [2.45, 2.75) is 32.6 Å². The number of furan rings is 1. The van der Waals surface area contributed by atoms with E-state index in [0.717, 1.165) is 25.7 Å². The monoisotopic (exact) mass is 524 g/mol. The van der Waals surface area contributed by atoms with Crippen molar-refractivity contribution in [1.82, 2.24) is 0 Å². The van der Waals surface area contributed by atoms with Gasteiger partial charge in [-0.15, -0.1) is 0 Å². The second-order valence-electron chi connectivity index (χ2n) is 8.25. The number of anilines is 2. The lowest BCUT2D eigenvalue weighted by Gasteiger charge is -2.12. The molecule has 3 aromatic carbocycles. The van der Waals surface area contributed by atoms with Crippen LogP contribution in [0.4, 0.5) is 11.4 Å². The molecule has 1 aromatic heterocycles. The molecule has 0 bridgehead atoms. The topological polar surface area (TPSA) is 80.6 Å². The Morgan fingerprint density at radius 3 is 2.28 bits per heavy atom. The molecule has 0 aliphatic rings. The van der Waals surface area contributed by atoms with Crippen LogP contribution in [0.25, 0.3) is 11.0 Å². The molecule has 0 atom stereocenters. The number of benzene rings is 3. The molecule has 0 fully saturated rings. The number of nitrogens with one attached hydrogen (secondary N) is 2. The van der Waals surface area contributed by atoms with Gasteiger partial charge in [0.25, 0.3) is 11.8 Å². The summed E-state index contributed by atoms with van der Waals surface area (Å²) in [4.78, 5) is 26.2. The third-order valence-electron chi connectivity index (χ3n) is 5.58. The van der Waals surface area contributed by atoms with Gasteiger partial charge in [0.2, 0.25) is 5.76 Å². The van der Waals surface area contributed by atoms with Gasteiger partial charge in [-0.3, -0.25) is 9.59 Å². The number of amides is 2. The van der Waals surface area contributed by atoms with Gasteiger partial charge in [0.1, 0.15) is 11.3 Å². The molecule has 0 radical (unpaired) electrons. The zero-order valence-corrected chi connectivity index (χ0v) is 21.3. The molecule has 2 N–H and O–H groups in total. The number of ether oxygens (including phenoxy) is 1. The van der Waals surface area contributed by atoms with Crippen LogP contribution in [0.15, 0.2) is 71.1 Å². The van der Waals surface area contributed by atoms with Gasteiger partial charge >= 0.3 is 0 Å². The molecule has 0 aliphatic heterocycles. The molecule has 6 nitrogen and oxygen atoms in total. The van der Waals surface area contributed by atoms with Gasteiger partial charge in [0, 0.05) is 16.6 Å². The number of unbranched alkanes of at least 4 members (excludes halogenated alkanes) is 3. The molecule has 1 heterocycles. The van der Waals surface area contributed by atoms with E-state index >= 15 is 0 Å². The van der Waals surface area contributed by atoms with E-state index < -0.39 is 11.8 Å². The van der Waals surface area contributed by atoms with Gasteiger partial charge in [-0.25, -0.2) is 0 Å². The molecule has 0 saturated heterocycles. The van der Waals surface area contributed by atoms with Gasteiger partial charge in [-0.1, -0.05) is 79.7 Å². The highest BCUT2D eigenvalue weighted by Crippen LogP contribution is 2.36. The summed E-state index contributed by atoms with van der Waals surface area (Å²) in [6, 6.07) is 19.1. The zero-order valence-electron chi connectivity index (χ0n) is 19.8. The minimum absolute atomic E-state index is 0.0161. The Bertz CT molecular complexity index is 1350. The number of carbonyl (C=O) groups is 2. The third kappa shape index (κ3) is 6.01. The zero-order chi connectivity index (χ0) is 25.5. The Kier molecular flexibility index (Phi) is 8.52. The summed E-state index contributed by atoms with van der Waals surface area (Å²) in [5, 5.41) is 6.66. The predicted molar refractivity (Wildman–Crippen MR) is 145 cm³/mol. The molecule has 36 heavy (non-hydrogen) atoms. The van der Waals surface area contributed by atoms with Crippen molar-refractivity contribution in [3.63, 3.8) is 0 Å². The molecule has 186 valence electrons. The first kappa shape index (κ1) is 25.6. The number of carbonyl (C=O) groups excluding carboxylic acids is 2. The van der Waals surface area contributed by atoms with E-state index in [1.165, 1.54) is 12.1 Å². The Hall–Kier alpha value is -3.48. The fraction of sp³-hybridized carbons (Fsp3) is 0.214. The summed E-state index contributed by atoms with van der Waals surface area (Å²) in [5.41, 5.74) is 1.55. The average Bonchev–Trinajstić information content (AvgIpc) is 3.24. The van der Waals surface area contributed by atoms with Crippen molar-refractivity contribution in [2.24, 2.45) is 0 Å². The predicted octanol–water partition coefficient (Wildman–Crippen LogP) is 8.20. The van der Waals surface area contributed by atoms with Crippen molar-refractivity contribution in [3.05, 3.63) is 88.1 Å². The Morgan fingerprint density at radius 1 is 0.861 bits per heavy atom. The third-order valence-corrected chi connectivity index (χ3v) is 6.14. The maximum absolute atomic E-state index is 13.2. The molecule has 0 spiro atoms. The summed E-state index contributed by atoms with van der Waals surface area (Å²) >= 11 is 12.8. The van der Waals surface area contributed by atoms with Crippen LogP contribution in [0.5, 0.6) is 5.75 Å². The van der Waals surface area contributed by atoms with Gasteiger partial charge in [-0.2, -0.15) is 0 Å². The SMILES string of the molecule is CCCCCCOc1c(Cl)cc(C(=O)Nc2c(C(=O)Nc3ccccc3)oc3ccccc23)cc1Cl. The summed E-state index contributed by atoms with van der Waals surface area (Å²) in [7, 11) is 0.